The van der Waals surface area contributed by atoms with Gasteiger partial charge in [-0.3, -0.25) is 4.57 Å². The van der Waals surface area contributed by atoms with E-state index in [9.17, 15) is 0 Å². The molecule has 7 aromatic carbocycles. The van der Waals surface area contributed by atoms with Crippen LogP contribution in [0.25, 0.3) is 82.6 Å². The van der Waals surface area contributed by atoms with Gasteiger partial charge in [-0.2, -0.15) is 0 Å². The van der Waals surface area contributed by atoms with Gasteiger partial charge in [-0.15, -0.1) is 0 Å². The summed E-state index contributed by atoms with van der Waals surface area (Å²) >= 11 is 0. The van der Waals surface area contributed by atoms with Gasteiger partial charge in [-0.05, 0) is 63.7 Å². The van der Waals surface area contributed by atoms with Gasteiger partial charge in [0.1, 0.15) is 5.82 Å². The van der Waals surface area contributed by atoms with Gasteiger partial charge in [-0.1, -0.05) is 109 Å². The Morgan fingerprint density at radius 1 is 0.524 bits per heavy atom. The summed E-state index contributed by atoms with van der Waals surface area (Å²) in [5, 5.41) is 7.54. The van der Waals surface area contributed by atoms with Crippen LogP contribution in [0.2, 0.25) is 0 Å². The van der Waals surface area contributed by atoms with Crippen molar-refractivity contribution in [2.45, 2.75) is 0 Å². The molecule has 0 atom stereocenters. The SMILES string of the molecule is c1ccc(-n2c(-c3ccc(-c4cc5c([nH]c6ccc7ccccc7c65)c5ccccc45)cc3)nc3ccccc32)cc1. The fraction of sp³-hybridized carbons (Fsp3) is 0. The van der Waals surface area contributed by atoms with Crippen LogP contribution in [-0.4, -0.2) is 14.5 Å². The molecule has 0 saturated heterocycles. The van der Waals surface area contributed by atoms with E-state index >= 15 is 0 Å². The maximum Gasteiger partial charge on any atom is 0.145 e. The monoisotopic (exact) mass is 535 g/mol. The van der Waals surface area contributed by atoms with E-state index in [0.29, 0.717) is 0 Å². The summed E-state index contributed by atoms with van der Waals surface area (Å²) in [6.07, 6.45) is 0. The lowest BCUT2D eigenvalue weighted by Gasteiger charge is -2.12. The van der Waals surface area contributed by atoms with Crippen molar-refractivity contribution in [3.05, 3.63) is 146 Å². The Morgan fingerprint density at radius 2 is 1.21 bits per heavy atom. The van der Waals surface area contributed by atoms with E-state index in [1.807, 2.05) is 6.07 Å². The summed E-state index contributed by atoms with van der Waals surface area (Å²) in [5.41, 5.74) is 9.06. The maximum atomic E-state index is 5.07. The van der Waals surface area contributed by atoms with Crippen LogP contribution < -0.4 is 0 Å². The van der Waals surface area contributed by atoms with Crippen LogP contribution in [0.3, 0.4) is 0 Å². The Bertz CT molecular complexity index is 2450. The zero-order valence-corrected chi connectivity index (χ0v) is 22.8. The number of aromatic amines is 1. The average Bonchev–Trinajstić information content (AvgIpc) is 3.64. The first-order valence-electron chi connectivity index (χ1n) is 14.3. The van der Waals surface area contributed by atoms with Crippen LogP contribution in [0.5, 0.6) is 0 Å². The number of hydrogen-bond donors (Lipinski definition) is 1. The smallest absolute Gasteiger partial charge is 0.145 e. The van der Waals surface area contributed by atoms with Crippen molar-refractivity contribution in [3.8, 4) is 28.2 Å². The number of benzene rings is 7. The predicted octanol–water partition coefficient (Wildman–Crippen LogP) is 10.3. The third-order valence-corrected chi connectivity index (χ3v) is 8.53. The van der Waals surface area contributed by atoms with Crippen LogP contribution in [-0.2, 0) is 0 Å². The Balaban J connectivity index is 1.26. The van der Waals surface area contributed by atoms with Gasteiger partial charge >= 0.3 is 0 Å². The number of nitrogens with one attached hydrogen (secondary N) is 1. The highest BCUT2D eigenvalue weighted by molar-refractivity contribution is 6.26. The van der Waals surface area contributed by atoms with E-state index in [4.69, 9.17) is 4.98 Å². The van der Waals surface area contributed by atoms with Gasteiger partial charge < -0.3 is 4.98 Å². The normalized spacial score (nSPS) is 11.8. The molecule has 0 amide bonds. The van der Waals surface area contributed by atoms with E-state index in [2.05, 4.69) is 149 Å². The Labute approximate surface area is 242 Å². The predicted molar refractivity (Wildman–Crippen MR) is 176 cm³/mol. The summed E-state index contributed by atoms with van der Waals surface area (Å²) in [6, 6.07) is 51.9. The first-order valence-corrected chi connectivity index (χ1v) is 14.3. The molecular weight excluding hydrogens is 510 g/mol. The minimum Gasteiger partial charge on any atom is -0.354 e. The zero-order valence-electron chi connectivity index (χ0n) is 22.8. The van der Waals surface area contributed by atoms with Crippen molar-refractivity contribution in [1.82, 2.24) is 14.5 Å². The molecule has 9 aromatic rings. The van der Waals surface area contributed by atoms with Crippen LogP contribution in [0.1, 0.15) is 0 Å². The van der Waals surface area contributed by atoms with Gasteiger partial charge in [0.25, 0.3) is 0 Å². The molecular formula is C39H25N3. The topological polar surface area (TPSA) is 33.6 Å². The van der Waals surface area contributed by atoms with Gasteiger partial charge in [0, 0.05) is 32.9 Å². The van der Waals surface area contributed by atoms with Crippen LogP contribution in [0.4, 0.5) is 0 Å². The second kappa shape index (κ2) is 8.92. The molecule has 42 heavy (non-hydrogen) atoms. The zero-order chi connectivity index (χ0) is 27.6. The van der Waals surface area contributed by atoms with Crippen molar-refractivity contribution in [3.63, 3.8) is 0 Å². The fourth-order valence-corrected chi connectivity index (χ4v) is 6.60. The van der Waals surface area contributed by atoms with Gasteiger partial charge in [0.05, 0.1) is 16.6 Å². The van der Waals surface area contributed by atoms with E-state index in [0.717, 1.165) is 28.1 Å². The number of rotatable bonds is 3. The first-order chi connectivity index (χ1) is 20.8. The third-order valence-electron chi connectivity index (χ3n) is 8.53. The molecule has 2 heterocycles. The number of H-pyrrole nitrogens is 1. The highest BCUT2D eigenvalue weighted by Gasteiger charge is 2.17. The second-order valence-electron chi connectivity index (χ2n) is 10.9. The first kappa shape index (κ1) is 23.1. The molecule has 0 fully saturated rings. The Kier molecular flexibility index (Phi) is 4.90. The molecule has 2 aromatic heterocycles. The molecule has 3 heteroatoms. The summed E-state index contributed by atoms with van der Waals surface area (Å²) in [5.74, 6) is 0.942. The Morgan fingerprint density at radius 3 is 2.07 bits per heavy atom. The molecule has 0 aliphatic carbocycles. The number of fused-ring (bicyclic) bond motifs is 8. The second-order valence-corrected chi connectivity index (χ2v) is 10.9. The Hall–Kier alpha value is -5.67. The molecule has 0 aliphatic rings. The largest absolute Gasteiger partial charge is 0.354 e. The molecule has 0 bridgehead atoms. The quantitative estimate of drug-likeness (QED) is 0.240. The van der Waals surface area contributed by atoms with Crippen molar-refractivity contribution in [2.24, 2.45) is 0 Å². The number of imidazole rings is 1. The minimum atomic E-state index is 0.942. The van der Waals surface area contributed by atoms with Gasteiger partial charge in [-0.25, -0.2) is 4.98 Å². The van der Waals surface area contributed by atoms with E-state index in [1.54, 1.807) is 0 Å². The molecule has 196 valence electrons. The standard InChI is InChI=1S/C39H25N3/c1-2-11-28(12-3-1)42-36-17-9-8-16-34(36)41-39(42)27-20-18-26(19-21-27)32-24-33-37-29-13-5-4-10-25(29)22-23-35(37)40-38(33)31-15-7-6-14-30(31)32/h1-24,40H. The van der Waals surface area contributed by atoms with Crippen molar-refractivity contribution < 1.29 is 0 Å². The molecule has 0 aliphatic heterocycles. The lowest BCUT2D eigenvalue weighted by Crippen LogP contribution is -1.97. The number of aromatic nitrogens is 3. The highest BCUT2D eigenvalue weighted by Crippen LogP contribution is 2.40. The van der Waals surface area contributed by atoms with Gasteiger partial charge in [0.15, 0.2) is 0 Å². The molecule has 0 spiro atoms. The maximum absolute atomic E-state index is 5.07. The van der Waals surface area contributed by atoms with Crippen LogP contribution in [0, 0.1) is 0 Å². The summed E-state index contributed by atoms with van der Waals surface area (Å²) in [4.78, 5) is 8.81. The number of nitrogens with zero attached hydrogens (tertiary/aromatic N) is 2. The third kappa shape index (κ3) is 3.37. The summed E-state index contributed by atoms with van der Waals surface area (Å²) in [7, 11) is 0. The van der Waals surface area contributed by atoms with Crippen molar-refractivity contribution in [2.75, 3.05) is 0 Å². The lowest BCUT2D eigenvalue weighted by molar-refractivity contribution is 1.10. The van der Waals surface area contributed by atoms with E-state index < -0.39 is 0 Å². The lowest BCUT2D eigenvalue weighted by atomic mass is 9.94. The van der Waals surface area contributed by atoms with Crippen molar-refractivity contribution >= 4 is 54.4 Å². The number of hydrogen-bond acceptors (Lipinski definition) is 1. The van der Waals surface area contributed by atoms with E-state index in [-0.39, 0.29) is 0 Å². The molecule has 0 saturated carbocycles. The molecule has 9 rings (SSSR count). The van der Waals surface area contributed by atoms with E-state index in [1.165, 1.54) is 54.5 Å². The summed E-state index contributed by atoms with van der Waals surface area (Å²) in [6.45, 7) is 0. The minimum absolute atomic E-state index is 0.942. The average molecular weight is 536 g/mol. The van der Waals surface area contributed by atoms with Crippen molar-refractivity contribution in [1.29, 1.82) is 0 Å². The fourth-order valence-electron chi connectivity index (χ4n) is 6.60. The van der Waals surface area contributed by atoms with Gasteiger partial charge in [0.2, 0.25) is 0 Å². The number of para-hydroxylation sites is 3. The molecule has 0 unspecified atom stereocenters. The molecule has 1 N–H and O–H groups in total. The summed E-state index contributed by atoms with van der Waals surface area (Å²) < 4.78 is 2.25. The molecule has 0 radical (unpaired) electrons. The van der Waals surface area contributed by atoms with Crippen LogP contribution in [0.15, 0.2) is 146 Å². The van der Waals surface area contributed by atoms with Crippen LogP contribution >= 0.6 is 0 Å². The highest BCUT2D eigenvalue weighted by atomic mass is 15.1. The molecule has 3 nitrogen and oxygen atoms in total.